The second kappa shape index (κ2) is 7.76. The number of nitrogens with zero attached hydrogens (tertiary/aromatic N) is 3. The molecule has 0 radical (unpaired) electrons. The monoisotopic (exact) mass is 382 g/mol. The van der Waals surface area contributed by atoms with E-state index >= 15 is 0 Å². The van der Waals surface area contributed by atoms with E-state index in [-0.39, 0.29) is 18.5 Å². The van der Waals surface area contributed by atoms with Crippen LogP contribution in [-0.4, -0.2) is 81.8 Å². The molecule has 0 aromatic heterocycles. The minimum Gasteiger partial charge on any atom is -0.368 e. The molecule has 3 aliphatic heterocycles. The van der Waals surface area contributed by atoms with Gasteiger partial charge in [0.05, 0.1) is 0 Å². The van der Waals surface area contributed by atoms with Gasteiger partial charge in [-0.1, -0.05) is 13.8 Å². The highest BCUT2D eigenvalue weighted by molar-refractivity contribution is 7.99. The van der Waals surface area contributed by atoms with E-state index in [0.29, 0.717) is 31.3 Å². The molecule has 3 fully saturated rings. The fourth-order valence-corrected chi connectivity index (χ4v) is 5.58. The number of nitrogens with two attached hydrogens (primary N) is 1. The third-order valence-electron chi connectivity index (χ3n) is 5.91. The first kappa shape index (κ1) is 19.5. The van der Waals surface area contributed by atoms with Gasteiger partial charge in [0.25, 0.3) is 5.91 Å². The second-order valence-electron chi connectivity index (χ2n) is 8.06. The van der Waals surface area contributed by atoms with Crippen molar-refractivity contribution < 1.29 is 14.4 Å². The smallest absolute Gasteiger partial charge is 0.328 e. The van der Waals surface area contributed by atoms with Crippen LogP contribution in [-0.2, 0) is 9.59 Å². The zero-order chi connectivity index (χ0) is 18.9. The van der Waals surface area contributed by atoms with Crippen molar-refractivity contribution in [2.24, 2.45) is 11.7 Å². The average Bonchev–Trinajstić information content (AvgIpc) is 3.18. The molecule has 146 valence electrons. The Kier molecular flexibility index (Phi) is 5.81. The normalized spacial score (nSPS) is 26.5. The topological polar surface area (TPSA) is 87.0 Å². The van der Waals surface area contributed by atoms with Gasteiger partial charge in [-0.2, -0.15) is 11.8 Å². The molecule has 26 heavy (non-hydrogen) atoms. The van der Waals surface area contributed by atoms with Crippen LogP contribution in [0.15, 0.2) is 0 Å². The molecule has 3 saturated heterocycles. The maximum Gasteiger partial charge on any atom is 0.328 e. The summed E-state index contributed by atoms with van der Waals surface area (Å²) in [4.78, 5) is 42.7. The van der Waals surface area contributed by atoms with Crippen LogP contribution in [0.2, 0.25) is 0 Å². The molecular formula is C18H30N4O3S. The van der Waals surface area contributed by atoms with Crippen molar-refractivity contribution in [2.45, 2.75) is 51.1 Å². The molecule has 2 N–H and O–H groups in total. The quantitative estimate of drug-likeness (QED) is 0.696. The highest BCUT2D eigenvalue weighted by Crippen LogP contribution is 2.39. The number of rotatable bonds is 6. The predicted octanol–water partition coefficient (Wildman–Crippen LogP) is 1.12. The van der Waals surface area contributed by atoms with Crippen molar-refractivity contribution in [2.75, 3.05) is 37.7 Å². The Morgan fingerprint density at radius 3 is 2.54 bits per heavy atom. The van der Waals surface area contributed by atoms with E-state index in [9.17, 15) is 14.4 Å². The molecule has 0 bridgehead atoms. The second-order valence-corrected chi connectivity index (χ2v) is 9.21. The van der Waals surface area contributed by atoms with Crippen molar-refractivity contribution in [3.8, 4) is 0 Å². The molecule has 0 aliphatic carbocycles. The Labute approximate surface area is 159 Å². The number of carbonyl (C=O) groups excluding carboxylic acids is 3. The Morgan fingerprint density at radius 1 is 1.31 bits per heavy atom. The van der Waals surface area contributed by atoms with Crippen molar-refractivity contribution >= 4 is 29.6 Å². The minimum absolute atomic E-state index is 0.231. The molecule has 3 rings (SSSR count). The summed E-state index contributed by atoms with van der Waals surface area (Å²) in [6, 6.07) is 0.245. The Balaban J connectivity index is 1.78. The number of thioether (sulfide) groups is 1. The molecule has 0 aromatic rings. The molecule has 7 nitrogen and oxygen atoms in total. The van der Waals surface area contributed by atoms with E-state index in [1.165, 1.54) is 12.2 Å². The lowest BCUT2D eigenvalue weighted by Gasteiger charge is -2.44. The average molecular weight is 383 g/mol. The molecule has 1 atom stereocenters. The van der Waals surface area contributed by atoms with Gasteiger partial charge in [0.1, 0.15) is 12.1 Å². The van der Waals surface area contributed by atoms with Crippen LogP contribution in [0.1, 0.15) is 39.5 Å². The zero-order valence-electron chi connectivity index (χ0n) is 15.8. The minimum atomic E-state index is -0.788. The van der Waals surface area contributed by atoms with E-state index in [4.69, 9.17) is 5.73 Å². The van der Waals surface area contributed by atoms with Gasteiger partial charge in [-0.25, -0.2) is 4.79 Å². The van der Waals surface area contributed by atoms with Crippen LogP contribution in [0, 0.1) is 5.92 Å². The third kappa shape index (κ3) is 3.58. The molecule has 1 spiro atoms. The summed E-state index contributed by atoms with van der Waals surface area (Å²) in [5.41, 5.74) is 4.48. The molecule has 3 heterocycles. The molecule has 0 unspecified atom stereocenters. The summed E-state index contributed by atoms with van der Waals surface area (Å²) in [5.74, 6) is 1.93. The van der Waals surface area contributed by atoms with E-state index in [2.05, 4.69) is 18.7 Å². The van der Waals surface area contributed by atoms with Crippen LogP contribution < -0.4 is 5.73 Å². The maximum absolute atomic E-state index is 13.1. The van der Waals surface area contributed by atoms with Gasteiger partial charge >= 0.3 is 6.03 Å². The number of hydrogen-bond donors (Lipinski definition) is 1. The van der Waals surface area contributed by atoms with Crippen LogP contribution >= 0.6 is 11.8 Å². The highest BCUT2D eigenvalue weighted by atomic mass is 32.2. The lowest BCUT2D eigenvalue weighted by Crippen LogP contribution is -2.58. The first-order valence-corrected chi connectivity index (χ1v) is 10.7. The summed E-state index contributed by atoms with van der Waals surface area (Å²) in [7, 11) is 0. The Morgan fingerprint density at radius 2 is 2.00 bits per heavy atom. The van der Waals surface area contributed by atoms with Gasteiger partial charge in [-0.05, 0) is 37.4 Å². The summed E-state index contributed by atoms with van der Waals surface area (Å²) in [6.45, 7) is 6.10. The van der Waals surface area contributed by atoms with Gasteiger partial charge in [0.15, 0.2) is 0 Å². The molecule has 4 amide bonds. The standard InChI is InChI=1S/C18H30N4O3S/c1-13(2)3-7-22-17(25)21(11-15(19)23)16(24)18(22)5-8-20(9-6-18)14-4-10-26-12-14/h13-14H,3-12H2,1-2H3,(H2,19,23)/t14-/m1/s1. The number of primary amides is 1. The number of likely N-dealkylation sites (tertiary alicyclic amines) is 1. The third-order valence-corrected chi connectivity index (χ3v) is 7.06. The van der Waals surface area contributed by atoms with Crippen molar-refractivity contribution in [3.05, 3.63) is 0 Å². The Hall–Kier alpha value is -1.28. The lowest BCUT2D eigenvalue weighted by molar-refractivity contribution is -0.138. The zero-order valence-corrected chi connectivity index (χ0v) is 16.6. The summed E-state index contributed by atoms with van der Waals surface area (Å²) < 4.78 is 0. The molecule has 0 aromatic carbocycles. The Bertz CT molecular complexity index is 569. The number of hydrogen-bond acceptors (Lipinski definition) is 5. The predicted molar refractivity (Wildman–Crippen MR) is 102 cm³/mol. The van der Waals surface area contributed by atoms with Crippen LogP contribution in [0.25, 0.3) is 0 Å². The molecule has 8 heteroatoms. The fraction of sp³-hybridized carbons (Fsp3) is 0.833. The van der Waals surface area contributed by atoms with Gasteiger partial charge in [0.2, 0.25) is 5.91 Å². The van der Waals surface area contributed by atoms with Gasteiger partial charge < -0.3 is 10.6 Å². The summed E-state index contributed by atoms with van der Waals surface area (Å²) in [6.07, 6.45) is 3.34. The molecular weight excluding hydrogens is 352 g/mol. The van der Waals surface area contributed by atoms with Crippen molar-refractivity contribution in [1.29, 1.82) is 0 Å². The lowest BCUT2D eigenvalue weighted by atomic mass is 9.85. The fourth-order valence-electron chi connectivity index (χ4n) is 4.33. The SMILES string of the molecule is CC(C)CCN1C(=O)N(CC(N)=O)C(=O)C12CCN([C@@H]1CCSC1)CC2. The van der Waals surface area contributed by atoms with Crippen molar-refractivity contribution in [1.82, 2.24) is 14.7 Å². The van der Waals surface area contributed by atoms with E-state index in [0.717, 1.165) is 30.2 Å². The molecule has 0 saturated carbocycles. The van der Waals surface area contributed by atoms with E-state index in [1.54, 1.807) is 4.90 Å². The number of urea groups is 1. The van der Waals surface area contributed by atoms with Crippen LogP contribution in [0.3, 0.4) is 0 Å². The molecule has 3 aliphatic rings. The highest BCUT2D eigenvalue weighted by Gasteiger charge is 2.58. The maximum atomic E-state index is 13.1. The summed E-state index contributed by atoms with van der Waals surface area (Å²) >= 11 is 1.99. The van der Waals surface area contributed by atoms with Crippen LogP contribution in [0.5, 0.6) is 0 Å². The number of imide groups is 1. The van der Waals surface area contributed by atoms with Gasteiger partial charge in [-0.3, -0.25) is 19.4 Å². The largest absolute Gasteiger partial charge is 0.368 e. The van der Waals surface area contributed by atoms with Gasteiger partial charge in [-0.15, -0.1) is 0 Å². The van der Waals surface area contributed by atoms with Gasteiger partial charge in [0, 0.05) is 31.4 Å². The van der Waals surface area contributed by atoms with E-state index in [1.807, 2.05) is 11.8 Å². The number of piperidine rings is 1. The first-order valence-electron chi connectivity index (χ1n) is 9.59. The summed E-state index contributed by atoms with van der Waals surface area (Å²) in [5, 5.41) is 0. The number of carbonyl (C=O) groups is 3. The first-order chi connectivity index (χ1) is 12.3. The van der Waals surface area contributed by atoms with Crippen molar-refractivity contribution in [3.63, 3.8) is 0 Å². The van der Waals surface area contributed by atoms with Crippen LogP contribution in [0.4, 0.5) is 4.79 Å². The van der Waals surface area contributed by atoms with E-state index < -0.39 is 11.4 Å². The number of amides is 4.